The summed E-state index contributed by atoms with van der Waals surface area (Å²) in [4.78, 5) is 4.75. The van der Waals surface area contributed by atoms with Crippen LogP contribution in [0.25, 0.3) is 0 Å². The molecule has 1 heterocycles. The second kappa shape index (κ2) is 10.2. The van der Waals surface area contributed by atoms with E-state index in [1.165, 1.54) is 55.5 Å². The molecule has 0 fully saturated rings. The van der Waals surface area contributed by atoms with Crippen molar-refractivity contribution >= 4 is 22.1 Å². The minimum absolute atomic E-state index is 0.872. The SMILES string of the molecule is CCC[CH2][Sn]([CH2]CCC)([CH2]CCC)[c]1ncccc1C#N. The third-order valence-electron chi connectivity index (χ3n) is 4.46. The molecule has 0 atom stereocenters. The molecule has 0 aliphatic heterocycles. The number of aromatic nitrogens is 1. The van der Waals surface area contributed by atoms with E-state index in [1.54, 1.807) is 0 Å². The molecule has 1 rings (SSSR count). The van der Waals surface area contributed by atoms with Crippen molar-refractivity contribution in [3.05, 3.63) is 23.9 Å². The molecule has 0 aliphatic carbocycles. The van der Waals surface area contributed by atoms with E-state index in [0.29, 0.717) is 0 Å². The van der Waals surface area contributed by atoms with Gasteiger partial charge in [0.2, 0.25) is 0 Å². The average molecular weight is 393 g/mol. The van der Waals surface area contributed by atoms with E-state index in [2.05, 4.69) is 26.8 Å². The summed E-state index contributed by atoms with van der Waals surface area (Å²) in [5.74, 6) is 0. The first-order chi connectivity index (χ1) is 10.2. The van der Waals surface area contributed by atoms with Gasteiger partial charge in [0.25, 0.3) is 0 Å². The minimum atomic E-state index is -2.52. The van der Waals surface area contributed by atoms with E-state index < -0.39 is 18.4 Å². The summed E-state index contributed by atoms with van der Waals surface area (Å²) in [7, 11) is 0. The maximum atomic E-state index is 9.50. The molecule has 0 spiro atoms. The molecule has 0 bridgehead atoms. The molecule has 0 unspecified atom stereocenters. The van der Waals surface area contributed by atoms with Crippen LogP contribution < -0.4 is 3.71 Å². The van der Waals surface area contributed by atoms with Crippen molar-refractivity contribution in [2.45, 2.75) is 72.6 Å². The Hall–Kier alpha value is -0.561. The molecule has 0 saturated heterocycles. The summed E-state index contributed by atoms with van der Waals surface area (Å²) in [6, 6.07) is 6.32. The standard InChI is InChI=1S/C6H3N2.3C4H9.Sn/c7-4-6-2-1-3-8-5-6;3*1-3-4-2;/h1-3H;3*1,3-4H2,2H3;. The van der Waals surface area contributed by atoms with Crippen molar-refractivity contribution in [2.75, 3.05) is 0 Å². The molecule has 1 aromatic rings. The van der Waals surface area contributed by atoms with Crippen LogP contribution in [0.2, 0.25) is 13.3 Å². The molecule has 1 aromatic heterocycles. The van der Waals surface area contributed by atoms with Gasteiger partial charge >= 0.3 is 135 Å². The summed E-state index contributed by atoms with van der Waals surface area (Å²) in [6.07, 6.45) is 9.61. The summed E-state index contributed by atoms with van der Waals surface area (Å²) in [5, 5.41) is 9.50. The number of unbranched alkanes of at least 4 members (excludes halogenated alkanes) is 3. The molecule has 0 amide bonds. The van der Waals surface area contributed by atoms with Gasteiger partial charge < -0.3 is 0 Å². The maximum absolute atomic E-state index is 9.50. The zero-order chi connectivity index (χ0) is 15.6. The second-order valence-corrected chi connectivity index (χ2v) is 19.0. The van der Waals surface area contributed by atoms with Gasteiger partial charge in [0.15, 0.2) is 0 Å². The number of nitrogens with zero attached hydrogens (tertiary/aromatic N) is 2. The molecule has 0 aliphatic rings. The van der Waals surface area contributed by atoms with Crippen molar-refractivity contribution in [3.8, 4) is 6.07 Å². The van der Waals surface area contributed by atoms with E-state index in [0.717, 1.165) is 5.56 Å². The van der Waals surface area contributed by atoms with E-state index in [1.807, 2.05) is 18.3 Å². The molecule has 21 heavy (non-hydrogen) atoms. The van der Waals surface area contributed by atoms with Crippen molar-refractivity contribution in [1.82, 2.24) is 4.98 Å². The fourth-order valence-corrected chi connectivity index (χ4v) is 19.2. The van der Waals surface area contributed by atoms with Crippen molar-refractivity contribution in [1.29, 1.82) is 5.26 Å². The van der Waals surface area contributed by atoms with Crippen LogP contribution in [-0.4, -0.2) is 23.4 Å². The van der Waals surface area contributed by atoms with E-state index in [-0.39, 0.29) is 0 Å². The molecule has 0 N–H and O–H groups in total. The molecule has 3 heteroatoms. The fraction of sp³-hybridized carbons (Fsp3) is 0.667. The van der Waals surface area contributed by atoms with Crippen molar-refractivity contribution < 1.29 is 0 Å². The van der Waals surface area contributed by atoms with Gasteiger partial charge in [0.05, 0.1) is 0 Å². The zero-order valence-electron chi connectivity index (χ0n) is 14.0. The summed E-state index contributed by atoms with van der Waals surface area (Å²) >= 11 is -2.52. The number of hydrogen-bond acceptors (Lipinski definition) is 2. The third-order valence-corrected chi connectivity index (χ3v) is 19.7. The monoisotopic (exact) mass is 394 g/mol. The number of rotatable bonds is 10. The van der Waals surface area contributed by atoms with Crippen LogP contribution in [0.4, 0.5) is 0 Å². The Labute approximate surface area is 134 Å². The molecule has 2 nitrogen and oxygen atoms in total. The van der Waals surface area contributed by atoms with Gasteiger partial charge in [-0.3, -0.25) is 0 Å². The quantitative estimate of drug-likeness (QED) is 0.524. The first kappa shape index (κ1) is 18.5. The van der Waals surface area contributed by atoms with Crippen LogP contribution in [0.5, 0.6) is 0 Å². The van der Waals surface area contributed by atoms with Crippen LogP contribution in [-0.2, 0) is 0 Å². The molecule has 116 valence electrons. The van der Waals surface area contributed by atoms with Crippen LogP contribution in [0.1, 0.15) is 64.9 Å². The predicted octanol–water partition coefficient (Wildman–Crippen LogP) is 5.01. The van der Waals surface area contributed by atoms with Gasteiger partial charge in [-0.15, -0.1) is 0 Å². The zero-order valence-corrected chi connectivity index (χ0v) is 16.8. The number of nitriles is 1. The Morgan fingerprint density at radius 2 is 1.52 bits per heavy atom. The number of hydrogen-bond donors (Lipinski definition) is 0. The van der Waals surface area contributed by atoms with E-state index in [9.17, 15) is 5.26 Å². The fourth-order valence-electron chi connectivity index (χ4n) is 3.19. The van der Waals surface area contributed by atoms with E-state index >= 15 is 0 Å². The predicted molar refractivity (Wildman–Crippen MR) is 93.5 cm³/mol. The molecule has 0 aromatic carbocycles. The van der Waals surface area contributed by atoms with Gasteiger partial charge in [-0.05, 0) is 0 Å². The summed E-state index contributed by atoms with van der Waals surface area (Å²) < 4.78 is 5.38. The van der Waals surface area contributed by atoms with Crippen LogP contribution in [0, 0.1) is 11.3 Å². The van der Waals surface area contributed by atoms with Crippen LogP contribution >= 0.6 is 0 Å². The Morgan fingerprint density at radius 1 is 1.00 bits per heavy atom. The Morgan fingerprint density at radius 3 is 1.95 bits per heavy atom. The normalized spacial score (nSPS) is 11.3. The van der Waals surface area contributed by atoms with Gasteiger partial charge in [-0.2, -0.15) is 0 Å². The summed E-state index contributed by atoms with van der Waals surface area (Å²) in [5.41, 5.74) is 0.872. The molecule has 0 radical (unpaired) electrons. The third kappa shape index (κ3) is 5.29. The van der Waals surface area contributed by atoms with Crippen molar-refractivity contribution in [2.24, 2.45) is 0 Å². The summed E-state index contributed by atoms with van der Waals surface area (Å²) in [6.45, 7) is 6.83. The van der Waals surface area contributed by atoms with Crippen molar-refractivity contribution in [3.63, 3.8) is 0 Å². The Balaban J connectivity index is 3.20. The van der Waals surface area contributed by atoms with Gasteiger partial charge in [-0.1, -0.05) is 0 Å². The number of pyridine rings is 1. The van der Waals surface area contributed by atoms with Crippen LogP contribution in [0.3, 0.4) is 0 Å². The molecular weight excluding hydrogens is 363 g/mol. The van der Waals surface area contributed by atoms with Crippen LogP contribution in [0.15, 0.2) is 18.3 Å². The first-order valence-corrected chi connectivity index (χ1v) is 16.1. The Kier molecular flexibility index (Phi) is 8.99. The van der Waals surface area contributed by atoms with Gasteiger partial charge in [0, 0.05) is 0 Å². The average Bonchev–Trinajstić information content (AvgIpc) is 2.54. The van der Waals surface area contributed by atoms with E-state index in [4.69, 9.17) is 4.98 Å². The molecule has 0 saturated carbocycles. The van der Waals surface area contributed by atoms with Gasteiger partial charge in [-0.25, -0.2) is 0 Å². The second-order valence-electron chi connectivity index (χ2n) is 6.10. The topological polar surface area (TPSA) is 36.7 Å². The molecular formula is C18H30N2Sn. The first-order valence-electron chi connectivity index (χ1n) is 8.59. The Bertz CT molecular complexity index is 429. The van der Waals surface area contributed by atoms with Gasteiger partial charge in [0.1, 0.15) is 0 Å².